The van der Waals surface area contributed by atoms with E-state index in [2.05, 4.69) is 16.4 Å². The van der Waals surface area contributed by atoms with Crippen molar-refractivity contribution in [2.45, 2.75) is 12.8 Å². The van der Waals surface area contributed by atoms with Crippen molar-refractivity contribution in [3.05, 3.63) is 23.8 Å². The number of hydrogen-bond acceptors (Lipinski definition) is 5. The van der Waals surface area contributed by atoms with Crippen molar-refractivity contribution in [2.75, 3.05) is 26.8 Å². The maximum atomic E-state index is 11.8. The Morgan fingerprint density at radius 3 is 2.79 bits per heavy atom. The third kappa shape index (κ3) is 4.49. The highest BCUT2D eigenvalue weighted by Gasteiger charge is 2.23. The predicted octanol–water partition coefficient (Wildman–Crippen LogP) is 0.780. The zero-order valence-electron chi connectivity index (χ0n) is 13.4. The minimum absolute atomic E-state index is 0.137. The van der Waals surface area contributed by atoms with E-state index >= 15 is 0 Å². The number of rotatable bonds is 5. The highest BCUT2D eigenvalue weighted by atomic mass is 16.5. The van der Waals surface area contributed by atoms with Crippen molar-refractivity contribution in [2.24, 2.45) is 5.10 Å². The number of hydrazone groups is 1. The number of carbonyl (C=O) groups excluding carboxylic acids is 2. The molecule has 1 aliphatic rings. The molecule has 1 fully saturated rings. The van der Waals surface area contributed by atoms with Crippen LogP contribution in [-0.4, -0.2) is 49.7 Å². The van der Waals surface area contributed by atoms with Gasteiger partial charge in [0.05, 0.1) is 13.3 Å². The number of likely N-dealkylation sites (tertiary alicyclic amines) is 1. The molecular formula is C17H19N3O4. The number of methoxy groups -OCH3 is 1. The van der Waals surface area contributed by atoms with E-state index in [1.165, 1.54) is 18.2 Å². The summed E-state index contributed by atoms with van der Waals surface area (Å²) < 4.78 is 10.6. The fourth-order valence-corrected chi connectivity index (χ4v) is 2.28. The average molecular weight is 329 g/mol. The Morgan fingerprint density at radius 1 is 1.38 bits per heavy atom. The van der Waals surface area contributed by atoms with E-state index in [0.717, 1.165) is 12.8 Å². The SMILES string of the molecule is C#CCOc1ccc(/C=N\NC(=O)C(=O)N2CCCC2)cc1OC. The number of carbonyl (C=O) groups is 2. The highest BCUT2D eigenvalue weighted by Crippen LogP contribution is 2.27. The molecule has 126 valence electrons. The van der Waals surface area contributed by atoms with Crippen molar-refractivity contribution in [3.8, 4) is 23.8 Å². The average Bonchev–Trinajstić information content (AvgIpc) is 3.14. The fourth-order valence-electron chi connectivity index (χ4n) is 2.28. The van der Waals surface area contributed by atoms with Crippen LogP contribution in [0.3, 0.4) is 0 Å². The number of benzene rings is 1. The van der Waals surface area contributed by atoms with Gasteiger partial charge in [-0.2, -0.15) is 5.10 Å². The summed E-state index contributed by atoms with van der Waals surface area (Å²) in [6.45, 7) is 1.37. The molecule has 1 saturated heterocycles. The van der Waals surface area contributed by atoms with E-state index in [4.69, 9.17) is 15.9 Å². The lowest BCUT2D eigenvalue weighted by Crippen LogP contribution is -2.39. The third-order valence-corrected chi connectivity index (χ3v) is 3.47. The summed E-state index contributed by atoms with van der Waals surface area (Å²) in [7, 11) is 1.51. The van der Waals surface area contributed by atoms with Gasteiger partial charge < -0.3 is 14.4 Å². The van der Waals surface area contributed by atoms with Crippen LogP contribution in [0.2, 0.25) is 0 Å². The number of hydrogen-bond donors (Lipinski definition) is 1. The summed E-state index contributed by atoms with van der Waals surface area (Å²) >= 11 is 0. The quantitative estimate of drug-likeness (QED) is 0.375. The Bertz CT molecular complexity index is 673. The fraction of sp³-hybridized carbons (Fsp3) is 0.353. The molecule has 1 aromatic carbocycles. The van der Waals surface area contributed by atoms with E-state index in [1.54, 1.807) is 18.2 Å². The molecule has 1 aromatic rings. The molecule has 0 radical (unpaired) electrons. The van der Waals surface area contributed by atoms with Crippen molar-refractivity contribution < 1.29 is 19.1 Å². The van der Waals surface area contributed by atoms with Crippen LogP contribution in [0.15, 0.2) is 23.3 Å². The number of ether oxygens (including phenoxy) is 2. The molecule has 1 N–H and O–H groups in total. The van der Waals surface area contributed by atoms with Gasteiger partial charge in [0.2, 0.25) is 0 Å². The van der Waals surface area contributed by atoms with Crippen LogP contribution in [0.1, 0.15) is 18.4 Å². The summed E-state index contributed by atoms with van der Waals surface area (Å²) in [5.41, 5.74) is 2.91. The largest absolute Gasteiger partial charge is 0.493 e. The summed E-state index contributed by atoms with van der Waals surface area (Å²) in [5, 5.41) is 3.80. The molecular weight excluding hydrogens is 310 g/mol. The summed E-state index contributed by atoms with van der Waals surface area (Å²) in [5.74, 6) is 2.09. The number of nitrogens with zero attached hydrogens (tertiary/aromatic N) is 2. The smallest absolute Gasteiger partial charge is 0.329 e. The molecule has 24 heavy (non-hydrogen) atoms. The molecule has 0 spiro atoms. The van der Waals surface area contributed by atoms with Crippen molar-refractivity contribution in [3.63, 3.8) is 0 Å². The van der Waals surface area contributed by atoms with Crippen LogP contribution < -0.4 is 14.9 Å². The van der Waals surface area contributed by atoms with Gasteiger partial charge in [0, 0.05) is 13.1 Å². The lowest BCUT2D eigenvalue weighted by molar-refractivity contribution is -0.145. The molecule has 1 heterocycles. The molecule has 0 bridgehead atoms. The third-order valence-electron chi connectivity index (χ3n) is 3.47. The maximum Gasteiger partial charge on any atom is 0.329 e. The van der Waals surface area contributed by atoms with Crippen LogP contribution in [0, 0.1) is 12.3 Å². The van der Waals surface area contributed by atoms with Gasteiger partial charge in [0.25, 0.3) is 0 Å². The lowest BCUT2D eigenvalue weighted by atomic mass is 10.2. The lowest BCUT2D eigenvalue weighted by Gasteiger charge is -2.12. The molecule has 0 aliphatic carbocycles. The Morgan fingerprint density at radius 2 is 2.12 bits per heavy atom. The van der Waals surface area contributed by atoms with Crippen LogP contribution >= 0.6 is 0 Å². The standard InChI is InChI=1S/C17H19N3O4/c1-3-10-24-14-7-6-13(11-15(14)23-2)12-18-19-16(21)17(22)20-8-4-5-9-20/h1,6-7,11-12H,4-5,8-10H2,2H3,(H,19,21)/b18-12-. The predicted molar refractivity (Wildman–Crippen MR) is 88.9 cm³/mol. The number of nitrogens with one attached hydrogen (secondary N) is 1. The number of terminal acetylenes is 1. The first-order valence-electron chi connectivity index (χ1n) is 7.52. The van der Waals surface area contributed by atoms with E-state index in [1.807, 2.05) is 0 Å². The van der Waals surface area contributed by atoms with Crippen molar-refractivity contribution >= 4 is 18.0 Å². The van der Waals surface area contributed by atoms with Gasteiger partial charge in [-0.15, -0.1) is 6.42 Å². The molecule has 0 unspecified atom stereocenters. The van der Waals surface area contributed by atoms with Crippen LogP contribution in [-0.2, 0) is 9.59 Å². The zero-order chi connectivity index (χ0) is 17.4. The minimum atomic E-state index is -0.742. The second-order valence-electron chi connectivity index (χ2n) is 5.10. The monoisotopic (exact) mass is 329 g/mol. The van der Waals surface area contributed by atoms with Crippen molar-refractivity contribution in [1.82, 2.24) is 10.3 Å². The normalized spacial score (nSPS) is 13.6. The van der Waals surface area contributed by atoms with Gasteiger partial charge in [-0.25, -0.2) is 5.43 Å². The summed E-state index contributed by atoms with van der Waals surface area (Å²) in [6, 6.07) is 5.10. The second kappa shape index (κ2) is 8.58. The summed E-state index contributed by atoms with van der Waals surface area (Å²) in [6.07, 6.45) is 8.43. The Kier molecular flexibility index (Phi) is 6.20. The van der Waals surface area contributed by atoms with Gasteiger partial charge in [0.1, 0.15) is 6.61 Å². The second-order valence-corrected chi connectivity index (χ2v) is 5.10. The van der Waals surface area contributed by atoms with E-state index in [0.29, 0.717) is 30.2 Å². The Balaban J connectivity index is 1.94. The first-order valence-corrected chi connectivity index (χ1v) is 7.52. The van der Waals surface area contributed by atoms with E-state index < -0.39 is 11.8 Å². The van der Waals surface area contributed by atoms with Crippen molar-refractivity contribution in [1.29, 1.82) is 0 Å². The van der Waals surface area contributed by atoms with Gasteiger partial charge >= 0.3 is 11.8 Å². The minimum Gasteiger partial charge on any atom is -0.493 e. The highest BCUT2D eigenvalue weighted by molar-refractivity contribution is 6.35. The van der Waals surface area contributed by atoms with Gasteiger partial charge in [-0.3, -0.25) is 9.59 Å². The molecule has 2 amide bonds. The molecule has 0 aromatic heterocycles. The first-order chi connectivity index (χ1) is 11.7. The Hall–Kier alpha value is -3.01. The molecule has 7 nitrogen and oxygen atoms in total. The van der Waals surface area contributed by atoms with Crippen LogP contribution in [0.25, 0.3) is 0 Å². The van der Waals surface area contributed by atoms with E-state index in [-0.39, 0.29) is 6.61 Å². The summed E-state index contributed by atoms with van der Waals surface area (Å²) in [4.78, 5) is 25.1. The van der Waals surface area contributed by atoms with E-state index in [9.17, 15) is 9.59 Å². The van der Waals surface area contributed by atoms with Gasteiger partial charge in [-0.1, -0.05) is 5.92 Å². The van der Waals surface area contributed by atoms with Gasteiger partial charge in [-0.05, 0) is 36.6 Å². The number of amides is 2. The molecule has 2 rings (SSSR count). The maximum absolute atomic E-state index is 11.8. The molecule has 1 aliphatic heterocycles. The topological polar surface area (TPSA) is 80.2 Å². The first kappa shape index (κ1) is 17.3. The zero-order valence-corrected chi connectivity index (χ0v) is 13.4. The molecule has 7 heteroatoms. The van der Waals surface area contributed by atoms with Gasteiger partial charge in [0.15, 0.2) is 11.5 Å². The molecule has 0 atom stereocenters. The Labute approximate surface area is 140 Å². The molecule has 0 saturated carbocycles. The van der Waals surface area contributed by atoms with Crippen LogP contribution in [0.5, 0.6) is 11.5 Å². The van der Waals surface area contributed by atoms with Crippen LogP contribution in [0.4, 0.5) is 0 Å².